The van der Waals surface area contributed by atoms with Crippen molar-refractivity contribution in [2.45, 2.75) is 78.3 Å². The number of ether oxygens (including phenoxy) is 3. The minimum Gasteiger partial charge on any atom is -0.493 e. The molecule has 0 aliphatic carbocycles. The number of aliphatic carboxylic acids is 1. The van der Waals surface area contributed by atoms with Crippen molar-refractivity contribution >= 4 is 23.5 Å². The second-order valence-corrected chi connectivity index (χ2v) is 14.8. The number of amides is 1. The molecule has 296 valence electrons. The van der Waals surface area contributed by atoms with E-state index in [4.69, 9.17) is 25.8 Å². The van der Waals surface area contributed by atoms with Gasteiger partial charge in [-0.3, -0.25) is 19.9 Å². The van der Waals surface area contributed by atoms with Gasteiger partial charge in [-0.1, -0.05) is 41.9 Å². The number of aliphatic hydroxyl groups is 1. The van der Waals surface area contributed by atoms with Crippen LogP contribution in [0.5, 0.6) is 17.2 Å². The Morgan fingerprint density at radius 2 is 1.68 bits per heavy atom. The summed E-state index contributed by atoms with van der Waals surface area (Å²) in [6.07, 6.45) is 5.91. The zero-order valence-corrected chi connectivity index (χ0v) is 33.1. The van der Waals surface area contributed by atoms with Crippen molar-refractivity contribution in [2.75, 3.05) is 32.8 Å². The minimum absolute atomic E-state index is 0.0262. The van der Waals surface area contributed by atoms with E-state index >= 15 is 0 Å². The number of rotatable bonds is 18. The monoisotopic (exact) mass is 783 g/mol. The van der Waals surface area contributed by atoms with Gasteiger partial charge in [-0.05, 0) is 86.1 Å². The van der Waals surface area contributed by atoms with E-state index in [9.17, 15) is 25.1 Å². The van der Waals surface area contributed by atoms with Crippen molar-refractivity contribution in [3.8, 4) is 34.4 Å². The number of halogens is 1. The second kappa shape index (κ2) is 19.6. The van der Waals surface area contributed by atoms with E-state index in [1.54, 1.807) is 31.3 Å². The van der Waals surface area contributed by atoms with Gasteiger partial charge in [0.05, 0.1) is 23.8 Å². The molecule has 1 amide bonds. The van der Waals surface area contributed by atoms with Crippen LogP contribution in [-0.4, -0.2) is 76.4 Å². The highest BCUT2D eigenvalue weighted by atomic mass is 35.5. The highest BCUT2D eigenvalue weighted by molar-refractivity contribution is 6.32. The number of carboxylic acids is 1. The normalized spacial score (nSPS) is 14.4. The lowest BCUT2D eigenvalue weighted by Crippen LogP contribution is -2.52. The summed E-state index contributed by atoms with van der Waals surface area (Å²) in [7, 11) is 0. The third kappa shape index (κ3) is 11.0. The Bertz CT molecular complexity index is 2050. The number of pyridine rings is 1. The summed E-state index contributed by atoms with van der Waals surface area (Å²) in [6.45, 7) is 10.3. The van der Waals surface area contributed by atoms with Crippen LogP contribution in [0.1, 0.15) is 66.5 Å². The van der Waals surface area contributed by atoms with Crippen LogP contribution in [0.4, 0.5) is 0 Å². The first-order chi connectivity index (χ1) is 26.9. The number of aromatic nitrogens is 1. The minimum atomic E-state index is -1.59. The van der Waals surface area contributed by atoms with Crippen LogP contribution in [0.15, 0.2) is 67.0 Å². The van der Waals surface area contributed by atoms with Gasteiger partial charge in [-0.15, -0.1) is 0 Å². The smallest absolute Gasteiger partial charge is 0.326 e. The van der Waals surface area contributed by atoms with Crippen molar-refractivity contribution < 1.29 is 34.0 Å². The van der Waals surface area contributed by atoms with Gasteiger partial charge in [0.15, 0.2) is 0 Å². The van der Waals surface area contributed by atoms with Gasteiger partial charge in [-0.25, -0.2) is 0 Å². The SMILES string of the molecule is CC(=O)NC1CCN(CCCOc2cccc(-c3cccc(COc4cc(OCc5cncc(C#N)c5)c(CN[C@](C)(CO)C(=O)O)cc4Cl)c3C)c2C)CC1. The molecule has 3 aromatic carbocycles. The second-order valence-electron chi connectivity index (χ2n) is 14.3. The van der Waals surface area contributed by atoms with Crippen LogP contribution in [0.2, 0.25) is 5.02 Å². The molecule has 4 aromatic rings. The Morgan fingerprint density at radius 3 is 2.38 bits per heavy atom. The number of carbonyl (C=O) groups excluding carboxylic acids is 1. The maximum absolute atomic E-state index is 11.8. The number of hydrogen-bond acceptors (Lipinski definition) is 10. The molecule has 1 aliphatic rings. The van der Waals surface area contributed by atoms with Crippen molar-refractivity contribution in [3.63, 3.8) is 0 Å². The molecule has 0 unspecified atom stereocenters. The van der Waals surface area contributed by atoms with E-state index in [0.717, 1.165) is 72.5 Å². The van der Waals surface area contributed by atoms with Gasteiger partial charge < -0.3 is 34.6 Å². The Kier molecular flexibility index (Phi) is 14.7. The summed E-state index contributed by atoms with van der Waals surface area (Å²) in [5.41, 5.74) is 5.20. The van der Waals surface area contributed by atoms with Gasteiger partial charge in [0.1, 0.15) is 42.1 Å². The number of benzene rings is 3. The molecule has 1 saturated heterocycles. The molecule has 1 atom stereocenters. The number of nitrogens with zero attached hydrogens (tertiary/aromatic N) is 3. The largest absolute Gasteiger partial charge is 0.493 e. The Morgan fingerprint density at radius 1 is 0.964 bits per heavy atom. The average Bonchev–Trinajstić information content (AvgIpc) is 3.19. The Hall–Kier alpha value is -5.19. The topological polar surface area (TPSA) is 166 Å². The zero-order valence-electron chi connectivity index (χ0n) is 32.4. The first kappa shape index (κ1) is 42.0. The zero-order chi connectivity index (χ0) is 40.2. The summed E-state index contributed by atoms with van der Waals surface area (Å²) in [5.74, 6) is 0.427. The standard InChI is InChI=1S/C43H50ClN5O7/c1-28-33(8-5-9-36(28)37-10-6-11-39(29(37)2)54-17-7-14-49-15-12-35(13-16-49)48-30(3)51)26-56-41-20-40(55-25-32-18-31(21-45)22-46-23-32)34(19-38(41)44)24-47-43(4,27-50)42(52)53/h5-6,8-11,18-20,22-23,35,47,50H,7,12-17,24-27H2,1-4H3,(H,48,51)(H,52,53)/t43-/m1/s1. The molecule has 0 spiro atoms. The number of nitrogens with one attached hydrogen (secondary N) is 2. The van der Waals surface area contributed by atoms with Crippen LogP contribution < -0.4 is 24.8 Å². The molecular formula is C43H50ClN5O7. The summed E-state index contributed by atoms with van der Waals surface area (Å²) in [6, 6.07) is 19.5. The van der Waals surface area contributed by atoms with Crippen molar-refractivity contribution in [3.05, 3.63) is 105 Å². The third-order valence-electron chi connectivity index (χ3n) is 10.2. The van der Waals surface area contributed by atoms with E-state index in [1.165, 1.54) is 13.1 Å². The summed E-state index contributed by atoms with van der Waals surface area (Å²) < 4.78 is 18.8. The van der Waals surface area contributed by atoms with E-state index in [-0.39, 0.29) is 31.7 Å². The Balaban J connectivity index is 1.27. The molecule has 1 fully saturated rings. The molecule has 0 bridgehead atoms. The number of nitriles is 1. The fourth-order valence-corrected chi connectivity index (χ4v) is 6.89. The molecule has 2 heterocycles. The first-order valence-corrected chi connectivity index (χ1v) is 19.1. The summed E-state index contributed by atoms with van der Waals surface area (Å²) >= 11 is 6.74. The maximum atomic E-state index is 11.8. The van der Waals surface area contributed by atoms with Crippen molar-refractivity contribution in [1.82, 2.24) is 20.5 Å². The highest BCUT2D eigenvalue weighted by Gasteiger charge is 2.32. The van der Waals surface area contributed by atoms with Gasteiger partial charge >= 0.3 is 5.97 Å². The lowest BCUT2D eigenvalue weighted by atomic mass is 9.93. The number of carboxylic acid groups (broad SMARTS) is 1. The number of likely N-dealkylation sites (tertiary alicyclic amines) is 1. The molecule has 5 rings (SSSR count). The molecule has 56 heavy (non-hydrogen) atoms. The fraction of sp³-hybridized carbons (Fsp3) is 0.395. The summed E-state index contributed by atoms with van der Waals surface area (Å²) in [4.78, 5) is 29.7. The average molecular weight is 784 g/mol. The summed E-state index contributed by atoms with van der Waals surface area (Å²) in [5, 5.41) is 34.9. The van der Waals surface area contributed by atoms with Crippen molar-refractivity contribution in [1.29, 1.82) is 5.26 Å². The lowest BCUT2D eigenvalue weighted by molar-refractivity contribution is -0.146. The molecule has 0 radical (unpaired) electrons. The fourth-order valence-electron chi connectivity index (χ4n) is 6.65. The van der Waals surface area contributed by atoms with E-state index in [1.807, 2.05) is 24.3 Å². The molecule has 13 heteroatoms. The lowest BCUT2D eigenvalue weighted by Gasteiger charge is -2.32. The molecule has 4 N–H and O–H groups in total. The van der Waals surface area contributed by atoms with Crippen LogP contribution in [0.25, 0.3) is 11.1 Å². The van der Waals surface area contributed by atoms with Crippen molar-refractivity contribution in [2.24, 2.45) is 0 Å². The number of aliphatic hydroxyl groups excluding tert-OH is 1. The third-order valence-corrected chi connectivity index (χ3v) is 10.5. The van der Waals surface area contributed by atoms with Crippen LogP contribution in [-0.2, 0) is 29.3 Å². The molecule has 1 aromatic heterocycles. The van der Waals surface area contributed by atoms with Crippen LogP contribution in [0, 0.1) is 25.2 Å². The number of piperidine rings is 1. The predicted octanol–water partition coefficient (Wildman–Crippen LogP) is 6.34. The van der Waals surface area contributed by atoms with E-state index < -0.39 is 18.1 Å². The van der Waals surface area contributed by atoms with Gasteiger partial charge in [0.25, 0.3) is 0 Å². The van der Waals surface area contributed by atoms with E-state index in [2.05, 4.69) is 52.6 Å². The van der Waals surface area contributed by atoms with Gasteiger partial charge in [-0.2, -0.15) is 5.26 Å². The molecule has 1 aliphatic heterocycles. The van der Waals surface area contributed by atoms with E-state index in [0.29, 0.717) is 39.8 Å². The van der Waals surface area contributed by atoms with Crippen LogP contribution >= 0.6 is 11.6 Å². The number of carbonyl (C=O) groups is 2. The van der Waals surface area contributed by atoms with Crippen LogP contribution in [0.3, 0.4) is 0 Å². The predicted molar refractivity (Wildman–Crippen MR) is 214 cm³/mol. The highest BCUT2D eigenvalue weighted by Crippen LogP contribution is 2.36. The maximum Gasteiger partial charge on any atom is 0.326 e. The molecule has 12 nitrogen and oxygen atoms in total. The Labute approximate surface area is 333 Å². The van der Waals surface area contributed by atoms with Gasteiger partial charge in [0.2, 0.25) is 5.91 Å². The first-order valence-electron chi connectivity index (χ1n) is 18.7. The number of hydrogen-bond donors (Lipinski definition) is 4. The molecule has 0 saturated carbocycles. The molecular weight excluding hydrogens is 734 g/mol. The quantitative estimate of drug-likeness (QED) is 0.0832. The van der Waals surface area contributed by atoms with Gasteiger partial charge in [0, 0.05) is 68.7 Å².